The molecule has 1 aromatic rings. The minimum absolute atomic E-state index is 0.286. The fourth-order valence-electron chi connectivity index (χ4n) is 1.70. The van der Waals surface area contributed by atoms with E-state index in [2.05, 4.69) is 17.2 Å². The Kier molecular flexibility index (Phi) is 8.49. The molecule has 6 nitrogen and oxygen atoms in total. The summed E-state index contributed by atoms with van der Waals surface area (Å²) < 4.78 is 9.71. The van der Waals surface area contributed by atoms with Crippen LogP contribution >= 0.6 is 0 Å². The van der Waals surface area contributed by atoms with Crippen molar-refractivity contribution in [2.75, 3.05) is 6.61 Å². The lowest BCUT2D eigenvalue weighted by atomic mass is 10.2. The predicted octanol–water partition coefficient (Wildman–Crippen LogP) is 5.05. The number of azo groups is 1. The smallest absolute Gasteiger partial charge is 0.447 e. The van der Waals surface area contributed by atoms with Gasteiger partial charge in [0.25, 0.3) is 0 Å². The molecular weight excluding hydrogens is 284 g/mol. The Morgan fingerprint density at radius 2 is 1.59 bits per heavy atom. The van der Waals surface area contributed by atoms with E-state index in [1.807, 2.05) is 6.92 Å². The van der Waals surface area contributed by atoms with Crippen molar-refractivity contribution in [2.45, 2.75) is 46.0 Å². The SMILES string of the molecule is CCCCCCCOC(=O)/N=N/C(=O)Oc1ccc(C)cc1. The van der Waals surface area contributed by atoms with Crippen LogP contribution in [-0.4, -0.2) is 18.8 Å². The number of unbranched alkanes of at least 4 members (excludes halogenated alkanes) is 4. The lowest BCUT2D eigenvalue weighted by Gasteiger charge is -2.01. The first-order chi connectivity index (χ1) is 10.6. The van der Waals surface area contributed by atoms with E-state index in [0.717, 1.165) is 31.2 Å². The van der Waals surface area contributed by atoms with Crippen molar-refractivity contribution in [3.63, 3.8) is 0 Å². The highest BCUT2D eigenvalue weighted by Gasteiger charge is 2.05. The van der Waals surface area contributed by atoms with Gasteiger partial charge in [0.05, 0.1) is 6.61 Å². The van der Waals surface area contributed by atoms with Crippen molar-refractivity contribution in [2.24, 2.45) is 10.2 Å². The predicted molar refractivity (Wildman–Crippen MR) is 82.2 cm³/mol. The van der Waals surface area contributed by atoms with E-state index in [1.165, 1.54) is 6.42 Å². The molecule has 0 aliphatic carbocycles. The van der Waals surface area contributed by atoms with E-state index in [4.69, 9.17) is 9.47 Å². The molecule has 0 spiro atoms. The van der Waals surface area contributed by atoms with Crippen LogP contribution in [0.2, 0.25) is 0 Å². The molecule has 0 unspecified atom stereocenters. The molecule has 0 aliphatic heterocycles. The van der Waals surface area contributed by atoms with Gasteiger partial charge in [-0.3, -0.25) is 0 Å². The first-order valence-corrected chi connectivity index (χ1v) is 7.48. The van der Waals surface area contributed by atoms with Gasteiger partial charge in [0.2, 0.25) is 0 Å². The molecule has 0 saturated heterocycles. The molecule has 0 N–H and O–H groups in total. The summed E-state index contributed by atoms with van der Waals surface area (Å²) in [5, 5.41) is 6.32. The third-order valence-corrected chi connectivity index (χ3v) is 2.91. The molecule has 0 saturated carbocycles. The number of benzene rings is 1. The number of ether oxygens (including phenoxy) is 2. The molecule has 1 rings (SSSR count). The zero-order valence-corrected chi connectivity index (χ0v) is 13.1. The van der Waals surface area contributed by atoms with Gasteiger partial charge >= 0.3 is 12.2 Å². The number of rotatable bonds is 7. The van der Waals surface area contributed by atoms with Crippen LogP contribution in [0.1, 0.15) is 44.6 Å². The summed E-state index contributed by atoms with van der Waals surface area (Å²) in [4.78, 5) is 22.6. The average Bonchev–Trinajstić information content (AvgIpc) is 2.51. The van der Waals surface area contributed by atoms with Crippen molar-refractivity contribution >= 4 is 12.2 Å². The van der Waals surface area contributed by atoms with E-state index < -0.39 is 12.2 Å². The number of carbonyl (C=O) groups excluding carboxylic acids is 2. The molecule has 0 fully saturated rings. The molecule has 0 radical (unpaired) electrons. The summed E-state index contributed by atoms with van der Waals surface area (Å²) >= 11 is 0. The summed E-state index contributed by atoms with van der Waals surface area (Å²) in [7, 11) is 0. The second-order valence-corrected chi connectivity index (χ2v) is 4.91. The molecule has 0 bridgehead atoms. The van der Waals surface area contributed by atoms with E-state index in [0.29, 0.717) is 5.75 Å². The first kappa shape index (κ1) is 17.8. The van der Waals surface area contributed by atoms with Crippen LogP contribution in [0.15, 0.2) is 34.5 Å². The molecule has 2 amide bonds. The Morgan fingerprint density at radius 1 is 0.955 bits per heavy atom. The highest BCUT2D eigenvalue weighted by molar-refractivity contribution is 5.74. The maximum Gasteiger partial charge on any atom is 0.458 e. The van der Waals surface area contributed by atoms with Gasteiger partial charge in [-0.25, -0.2) is 9.59 Å². The van der Waals surface area contributed by atoms with Crippen LogP contribution in [0.3, 0.4) is 0 Å². The third-order valence-electron chi connectivity index (χ3n) is 2.91. The first-order valence-electron chi connectivity index (χ1n) is 7.48. The maximum absolute atomic E-state index is 11.4. The van der Waals surface area contributed by atoms with Crippen LogP contribution in [0.4, 0.5) is 9.59 Å². The summed E-state index contributed by atoms with van der Waals surface area (Å²) in [6, 6.07) is 6.87. The number of hydrogen-bond donors (Lipinski definition) is 0. The number of carbonyl (C=O) groups is 2. The van der Waals surface area contributed by atoms with Gasteiger partial charge in [0.15, 0.2) is 0 Å². The largest absolute Gasteiger partial charge is 0.458 e. The van der Waals surface area contributed by atoms with Crippen molar-refractivity contribution in [3.8, 4) is 5.75 Å². The van der Waals surface area contributed by atoms with Gasteiger partial charge in [0, 0.05) is 0 Å². The van der Waals surface area contributed by atoms with Crippen molar-refractivity contribution in [1.82, 2.24) is 0 Å². The Balaban J connectivity index is 2.21. The lowest BCUT2D eigenvalue weighted by Crippen LogP contribution is -2.04. The summed E-state index contributed by atoms with van der Waals surface area (Å²) in [5.74, 6) is 0.346. The topological polar surface area (TPSA) is 77.3 Å². The quantitative estimate of drug-likeness (QED) is 0.521. The normalized spacial score (nSPS) is 10.6. The molecule has 6 heteroatoms. The van der Waals surface area contributed by atoms with Crippen molar-refractivity contribution in [3.05, 3.63) is 29.8 Å². The van der Waals surface area contributed by atoms with Crippen molar-refractivity contribution < 1.29 is 19.1 Å². The molecule has 0 atom stereocenters. The molecule has 0 aromatic heterocycles. The highest BCUT2D eigenvalue weighted by Crippen LogP contribution is 2.12. The molecule has 120 valence electrons. The van der Waals surface area contributed by atoms with Crippen molar-refractivity contribution in [1.29, 1.82) is 0 Å². The van der Waals surface area contributed by atoms with Crippen LogP contribution in [0.5, 0.6) is 5.75 Å². The minimum atomic E-state index is -0.955. The highest BCUT2D eigenvalue weighted by atomic mass is 16.6. The second-order valence-electron chi connectivity index (χ2n) is 4.91. The zero-order chi connectivity index (χ0) is 16.2. The monoisotopic (exact) mass is 306 g/mol. The maximum atomic E-state index is 11.4. The Hall–Kier alpha value is -2.24. The molecule has 0 heterocycles. The standard InChI is InChI=1S/C16H22N2O4/c1-3-4-5-6-7-12-21-15(19)17-18-16(20)22-14-10-8-13(2)9-11-14/h8-11H,3-7,12H2,1-2H3/b18-17+. The fraction of sp³-hybridized carbons (Fsp3) is 0.500. The molecular formula is C16H22N2O4. The third kappa shape index (κ3) is 8.14. The number of hydrogen-bond acceptors (Lipinski definition) is 4. The Labute approximate surface area is 130 Å². The van der Waals surface area contributed by atoms with Gasteiger partial charge in [-0.05, 0) is 25.5 Å². The van der Waals surface area contributed by atoms with Crippen LogP contribution in [0.25, 0.3) is 0 Å². The number of aryl methyl sites for hydroxylation is 1. The second kappa shape index (κ2) is 10.5. The van der Waals surface area contributed by atoms with E-state index >= 15 is 0 Å². The van der Waals surface area contributed by atoms with Crippen LogP contribution in [0, 0.1) is 6.92 Å². The van der Waals surface area contributed by atoms with Crippen LogP contribution < -0.4 is 4.74 Å². The van der Waals surface area contributed by atoms with Crippen LogP contribution in [-0.2, 0) is 4.74 Å². The van der Waals surface area contributed by atoms with E-state index in [1.54, 1.807) is 24.3 Å². The van der Waals surface area contributed by atoms with Gasteiger partial charge in [0.1, 0.15) is 5.75 Å². The van der Waals surface area contributed by atoms with Gasteiger partial charge in [-0.15, -0.1) is 0 Å². The lowest BCUT2D eigenvalue weighted by molar-refractivity contribution is 0.151. The number of nitrogens with zero attached hydrogens (tertiary/aromatic N) is 2. The summed E-state index contributed by atoms with van der Waals surface area (Å²) in [6.45, 7) is 4.34. The molecule has 1 aromatic carbocycles. The average molecular weight is 306 g/mol. The molecule has 22 heavy (non-hydrogen) atoms. The zero-order valence-electron chi connectivity index (χ0n) is 13.1. The van der Waals surface area contributed by atoms with Gasteiger partial charge < -0.3 is 9.47 Å². The molecule has 0 aliphatic rings. The summed E-state index contributed by atoms with van der Waals surface area (Å²) in [5.41, 5.74) is 1.05. The minimum Gasteiger partial charge on any atom is -0.447 e. The van der Waals surface area contributed by atoms with E-state index in [9.17, 15) is 9.59 Å². The Morgan fingerprint density at radius 3 is 2.27 bits per heavy atom. The fourth-order valence-corrected chi connectivity index (χ4v) is 1.70. The van der Waals surface area contributed by atoms with E-state index in [-0.39, 0.29) is 6.61 Å². The van der Waals surface area contributed by atoms with Gasteiger partial charge in [-0.2, -0.15) is 0 Å². The summed E-state index contributed by atoms with van der Waals surface area (Å²) in [6.07, 6.45) is 3.43. The number of amides is 2. The Bertz CT molecular complexity index is 497. The van der Waals surface area contributed by atoms with Gasteiger partial charge in [-0.1, -0.05) is 60.5 Å².